The second-order valence-electron chi connectivity index (χ2n) is 5.77. The molecule has 0 aliphatic rings. The predicted octanol–water partition coefficient (Wildman–Crippen LogP) is 2.62. The van der Waals surface area contributed by atoms with Crippen molar-refractivity contribution in [3.05, 3.63) is 41.5 Å². The van der Waals surface area contributed by atoms with Crippen LogP contribution in [0.15, 0.2) is 30.3 Å². The Bertz CT molecular complexity index is 410. The van der Waals surface area contributed by atoms with Gasteiger partial charge in [0, 0.05) is 0 Å². The number of aliphatic hydroxyl groups excluding tert-OH is 2. The average molecular weight is 291 g/mol. The maximum absolute atomic E-state index is 9.89. The standard InChI is InChI=1S/C18H29NO2/c1-4-5-14(2)12-16-8-6-15(7-9-16)10-11-18(21)17(13-20)19-3/h6-11,14,17-21H,4-5,12-13H2,1-3H3/b11-10+/t14?,17-,18+/m1/s1. The summed E-state index contributed by atoms with van der Waals surface area (Å²) >= 11 is 0. The van der Waals surface area contributed by atoms with Crippen molar-refractivity contribution in [1.29, 1.82) is 0 Å². The van der Waals surface area contributed by atoms with E-state index in [-0.39, 0.29) is 12.6 Å². The first-order valence-electron chi connectivity index (χ1n) is 7.84. The van der Waals surface area contributed by atoms with E-state index in [0.29, 0.717) is 0 Å². The number of aliphatic hydroxyl groups is 2. The molecule has 3 atom stereocenters. The van der Waals surface area contributed by atoms with Crippen LogP contribution in [0.2, 0.25) is 0 Å². The molecule has 0 saturated heterocycles. The fraction of sp³-hybridized carbons (Fsp3) is 0.556. The Morgan fingerprint density at radius 1 is 1.24 bits per heavy atom. The molecule has 3 heteroatoms. The van der Waals surface area contributed by atoms with Crippen LogP contribution in [0.3, 0.4) is 0 Å². The topological polar surface area (TPSA) is 52.5 Å². The Balaban J connectivity index is 2.58. The minimum Gasteiger partial charge on any atom is -0.395 e. The smallest absolute Gasteiger partial charge is 0.0899 e. The van der Waals surface area contributed by atoms with Gasteiger partial charge in [0.1, 0.15) is 0 Å². The molecule has 0 aliphatic carbocycles. The van der Waals surface area contributed by atoms with Crippen molar-refractivity contribution in [2.45, 2.75) is 45.3 Å². The molecule has 0 spiro atoms. The molecular formula is C18H29NO2. The van der Waals surface area contributed by atoms with E-state index in [4.69, 9.17) is 5.11 Å². The summed E-state index contributed by atoms with van der Waals surface area (Å²) in [5.41, 5.74) is 2.42. The highest BCUT2D eigenvalue weighted by Gasteiger charge is 2.12. The van der Waals surface area contributed by atoms with Gasteiger partial charge in [-0.3, -0.25) is 0 Å². The van der Waals surface area contributed by atoms with E-state index in [1.807, 2.05) is 6.08 Å². The lowest BCUT2D eigenvalue weighted by Gasteiger charge is -2.16. The number of hydrogen-bond donors (Lipinski definition) is 3. The Labute approximate surface area is 128 Å². The van der Waals surface area contributed by atoms with Gasteiger partial charge in [-0.15, -0.1) is 0 Å². The van der Waals surface area contributed by atoms with Crippen molar-refractivity contribution in [2.75, 3.05) is 13.7 Å². The predicted molar refractivity (Wildman–Crippen MR) is 89.2 cm³/mol. The van der Waals surface area contributed by atoms with Crippen molar-refractivity contribution >= 4 is 6.08 Å². The zero-order chi connectivity index (χ0) is 15.7. The van der Waals surface area contributed by atoms with E-state index < -0.39 is 6.10 Å². The number of nitrogens with one attached hydrogen (secondary N) is 1. The van der Waals surface area contributed by atoms with Gasteiger partial charge in [0.05, 0.1) is 18.8 Å². The SMILES string of the molecule is CCCC(C)Cc1ccc(/C=C/[C@H](O)[C@@H](CO)NC)cc1. The lowest BCUT2D eigenvalue weighted by Crippen LogP contribution is -2.39. The van der Waals surface area contributed by atoms with Crippen molar-refractivity contribution < 1.29 is 10.2 Å². The molecule has 1 aromatic rings. The molecule has 1 aromatic carbocycles. The Morgan fingerprint density at radius 2 is 1.90 bits per heavy atom. The van der Waals surface area contributed by atoms with Crippen molar-refractivity contribution in [3.8, 4) is 0 Å². The van der Waals surface area contributed by atoms with E-state index in [1.54, 1.807) is 13.1 Å². The van der Waals surface area contributed by atoms with Gasteiger partial charge in [0.15, 0.2) is 0 Å². The number of benzene rings is 1. The molecule has 0 aliphatic heterocycles. The summed E-state index contributed by atoms with van der Waals surface area (Å²) in [6.45, 7) is 4.43. The fourth-order valence-electron chi connectivity index (χ4n) is 2.48. The second-order valence-corrected chi connectivity index (χ2v) is 5.77. The van der Waals surface area contributed by atoms with E-state index in [9.17, 15) is 5.11 Å². The molecule has 0 saturated carbocycles. The van der Waals surface area contributed by atoms with E-state index >= 15 is 0 Å². The maximum atomic E-state index is 9.89. The molecule has 1 unspecified atom stereocenters. The van der Waals surface area contributed by atoms with Crippen LogP contribution in [0, 0.1) is 5.92 Å². The van der Waals surface area contributed by atoms with Crippen LogP contribution in [0.1, 0.15) is 37.8 Å². The van der Waals surface area contributed by atoms with Crippen LogP contribution >= 0.6 is 0 Å². The summed E-state index contributed by atoms with van der Waals surface area (Å²) in [6.07, 6.45) is 6.53. The molecule has 0 amide bonds. The molecule has 118 valence electrons. The molecular weight excluding hydrogens is 262 g/mol. The van der Waals surface area contributed by atoms with Crippen molar-refractivity contribution in [2.24, 2.45) is 5.92 Å². The highest BCUT2D eigenvalue weighted by molar-refractivity contribution is 5.50. The zero-order valence-corrected chi connectivity index (χ0v) is 13.4. The molecule has 0 fully saturated rings. The summed E-state index contributed by atoms with van der Waals surface area (Å²) in [4.78, 5) is 0. The minimum atomic E-state index is -0.691. The van der Waals surface area contributed by atoms with Crippen LogP contribution in [-0.2, 0) is 6.42 Å². The highest BCUT2D eigenvalue weighted by atomic mass is 16.3. The van der Waals surface area contributed by atoms with Crippen LogP contribution in [0.25, 0.3) is 6.08 Å². The normalized spacial score (nSPS) is 16.0. The summed E-state index contributed by atoms with van der Waals surface area (Å²) in [5, 5.41) is 21.9. The van der Waals surface area contributed by atoms with Gasteiger partial charge in [-0.25, -0.2) is 0 Å². The summed E-state index contributed by atoms with van der Waals surface area (Å²) in [5.74, 6) is 0.721. The van der Waals surface area contributed by atoms with Crippen LogP contribution < -0.4 is 5.32 Å². The maximum Gasteiger partial charge on any atom is 0.0899 e. The van der Waals surface area contributed by atoms with E-state index in [2.05, 4.69) is 43.4 Å². The summed E-state index contributed by atoms with van der Waals surface area (Å²) in [6, 6.07) is 8.13. The number of likely N-dealkylation sites (N-methyl/N-ethyl adjacent to an activating group) is 1. The zero-order valence-electron chi connectivity index (χ0n) is 13.4. The highest BCUT2D eigenvalue weighted by Crippen LogP contribution is 2.15. The number of rotatable bonds is 9. The third-order valence-electron chi connectivity index (χ3n) is 3.81. The van der Waals surface area contributed by atoms with Crippen molar-refractivity contribution in [3.63, 3.8) is 0 Å². The molecule has 0 radical (unpaired) electrons. The molecule has 0 bridgehead atoms. The fourth-order valence-corrected chi connectivity index (χ4v) is 2.48. The largest absolute Gasteiger partial charge is 0.395 e. The molecule has 0 aromatic heterocycles. The summed E-state index contributed by atoms with van der Waals surface area (Å²) in [7, 11) is 1.73. The van der Waals surface area contributed by atoms with Gasteiger partial charge in [-0.2, -0.15) is 0 Å². The molecule has 1 rings (SSSR count). The molecule has 3 nitrogen and oxygen atoms in total. The quantitative estimate of drug-likeness (QED) is 0.655. The first-order chi connectivity index (χ1) is 10.1. The molecule has 3 N–H and O–H groups in total. The lowest BCUT2D eigenvalue weighted by molar-refractivity contribution is 0.128. The van der Waals surface area contributed by atoms with Gasteiger partial charge in [-0.05, 0) is 30.5 Å². The minimum absolute atomic E-state index is 0.0870. The van der Waals surface area contributed by atoms with Crippen molar-refractivity contribution in [1.82, 2.24) is 5.32 Å². The van der Waals surface area contributed by atoms with Crippen LogP contribution in [-0.4, -0.2) is 36.0 Å². The average Bonchev–Trinajstić information content (AvgIpc) is 2.48. The second kappa shape index (κ2) is 9.72. The molecule has 0 heterocycles. The van der Waals surface area contributed by atoms with Gasteiger partial charge < -0.3 is 15.5 Å². The van der Waals surface area contributed by atoms with E-state index in [1.165, 1.54) is 18.4 Å². The Morgan fingerprint density at radius 3 is 2.43 bits per heavy atom. The van der Waals surface area contributed by atoms with Gasteiger partial charge in [-0.1, -0.05) is 63.1 Å². The first-order valence-corrected chi connectivity index (χ1v) is 7.84. The van der Waals surface area contributed by atoms with Gasteiger partial charge >= 0.3 is 0 Å². The first kappa shape index (κ1) is 17.9. The van der Waals surface area contributed by atoms with E-state index in [0.717, 1.165) is 17.9 Å². The third kappa shape index (κ3) is 6.42. The Hall–Kier alpha value is -1.16. The van der Waals surface area contributed by atoms with Crippen LogP contribution in [0.5, 0.6) is 0 Å². The van der Waals surface area contributed by atoms with Crippen LogP contribution in [0.4, 0.5) is 0 Å². The lowest BCUT2D eigenvalue weighted by atomic mass is 9.96. The molecule has 21 heavy (non-hydrogen) atoms. The van der Waals surface area contributed by atoms with Gasteiger partial charge in [0.25, 0.3) is 0 Å². The van der Waals surface area contributed by atoms with Gasteiger partial charge in [0.2, 0.25) is 0 Å². The Kier molecular flexibility index (Phi) is 8.28. The summed E-state index contributed by atoms with van der Waals surface area (Å²) < 4.78 is 0. The number of hydrogen-bond acceptors (Lipinski definition) is 3. The third-order valence-corrected chi connectivity index (χ3v) is 3.81. The monoisotopic (exact) mass is 291 g/mol.